The molecule has 1 N–H and O–H groups in total. The van der Waals surface area contributed by atoms with Gasteiger partial charge in [0.05, 0.1) is 6.10 Å². The predicted octanol–water partition coefficient (Wildman–Crippen LogP) is 0.911. The zero-order valence-corrected chi connectivity index (χ0v) is 13.3. The van der Waals surface area contributed by atoms with Crippen molar-refractivity contribution in [1.82, 2.24) is 19.6 Å². The van der Waals surface area contributed by atoms with Gasteiger partial charge in [-0.15, -0.1) is 0 Å². The van der Waals surface area contributed by atoms with E-state index in [0.717, 1.165) is 18.7 Å². The molecule has 2 heterocycles. The lowest BCUT2D eigenvalue weighted by Crippen LogP contribution is -2.49. The summed E-state index contributed by atoms with van der Waals surface area (Å²) in [5, 5.41) is 14.3. The molecular weight excluding hydrogens is 292 g/mol. The molecule has 0 unspecified atom stereocenters. The average molecular weight is 314 g/mol. The number of amides is 1. The van der Waals surface area contributed by atoms with E-state index in [1.807, 2.05) is 35.2 Å². The second-order valence-corrected chi connectivity index (χ2v) is 5.86. The van der Waals surface area contributed by atoms with Crippen LogP contribution in [0.1, 0.15) is 22.2 Å². The first kappa shape index (κ1) is 15.7. The van der Waals surface area contributed by atoms with Gasteiger partial charge in [-0.05, 0) is 11.6 Å². The minimum atomic E-state index is -0.490. The topological polar surface area (TPSA) is 61.6 Å². The molecule has 122 valence electrons. The number of aliphatic hydroxyl groups is 1. The summed E-state index contributed by atoms with van der Waals surface area (Å²) in [6.07, 6.45) is 1.15. The smallest absolute Gasteiger partial charge is 0.272 e. The molecule has 2 aromatic rings. The van der Waals surface area contributed by atoms with E-state index in [2.05, 4.69) is 10.00 Å². The van der Waals surface area contributed by atoms with Crippen molar-refractivity contribution in [3.8, 4) is 0 Å². The molecule has 1 saturated heterocycles. The summed E-state index contributed by atoms with van der Waals surface area (Å²) >= 11 is 0. The molecule has 1 aromatic carbocycles. The molecule has 1 aliphatic rings. The van der Waals surface area contributed by atoms with Gasteiger partial charge >= 0.3 is 0 Å². The molecule has 1 fully saturated rings. The number of aryl methyl sites for hydroxylation is 1. The van der Waals surface area contributed by atoms with Crippen molar-refractivity contribution >= 4 is 5.91 Å². The Bertz CT molecular complexity index is 648. The van der Waals surface area contributed by atoms with Crippen molar-refractivity contribution in [2.75, 3.05) is 32.7 Å². The van der Waals surface area contributed by atoms with Crippen LogP contribution in [0.15, 0.2) is 42.6 Å². The first-order valence-electron chi connectivity index (χ1n) is 7.88. The number of rotatable bonds is 4. The van der Waals surface area contributed by atoms with Gasteiger partial charge in [-0.25, -0.2) is 0 Å². The van der Waals surface area contributed by atoms with Crippen LogP contribution in [-0.2, 0) is 7.05 Å². The van der Waals surface area contributed by atoms with Crippen molar-refractivity contribution in [3.05, 3.63) is 53.9 Å². The average Bonchev–Trinajstić information content (AvgIpc) is 3.02. The van der Waals surface area contributed by atoms with Crippen molar-refractivity contribution in [3.63, 3.8) is 0 Å². The Hall–Kier alpha value is -2.18. The van der Waals surface area contributed by atoms with Gasteiger partial charge in [-0.1, -0.05) is 30.3 Å². The molecule has 3 rings (SSSR count). The number of piperazine rings is 1. The molecule has 1 aliphatic heterocycles. The number of hydrogen-bond acceptors (Lipinski definition) is 4. The largest absolute Gasteiger partial charge is 0.387 e. The number of carbonyl (C=O) groups excluding carboxylic acids is 1. The number of nitrogens with zero attached hydrogens (tertiary/aromatic N) is 4. The molecule has 0 radical (unpaired) electrons. The lowest BCUT2D eigenvalue weighted by atomic mass is 10.1. The monoisotopic (exact) mass is 314 g/mol. The molecule has 6 nitrogen and oxygen atoms in total. The van der Waals surface area contributed by atoms with Crippen LogP contribution >= 0.6 is 0 Å². The maximum absolute atomic E-state index is 12.4. The zero-order valence-electron chi connectivity index (χ0n) is 13.3. The van der Waals surface area contributed by atoms with Crippen LogP contribution < -0.4 is 0 Å². The van der Waals surface area contributed by atoms with E-state index >= 15 is 0 Å². The molecule has 0 spiro atoms. The van der Waals surface area contributed by atoms with Gasteiger partial charge < -0.3 is 10.0 Å². The van der Waals surface area contributed by atoms with E-state index in [1.54, 1.807) is 24.0 Å². The first-order valence-corrected chi connectivity index (χ1v) is 7.88. The Kier molecular flexibility index (Phi) is 4.73. The highest BCUT2D eigenvalue weighted by Crippen LogP contribution is 2.15. The quantitative estimate of drug-likeness (QED) is 0.911. The third-order valence-electron chi connectivity index (χ3n) is 4.32. The summed E-state index contributed by atoms with van der Waals surface area (Å²) in [6.45, 7) is 3.48. The standard InChI is InChI=1S/C17H22N4O2/c1-19-15(7-8-18-19)17(23)21-11-9-20(10-12-21)13-16(22)14-5-3-2-4-6-14/h2-8,16,22H,9-13H2,1H3/t16-/m0/s1. The minimum Gasteiger partial charge on any atom is -0.387 e. The molecule has 1 atom stereocenters. The maximum Gasteiger partial charge on any atom is 0.272 e. The molecule has 1 amide bonds. The molecule has 0 saturated carbocycles. The van der Waals surface area contributed by atoms with Gasteiger partial charge in [0.2, 0.25) is 0 Å². The Labute approximate surface area is 135 Å². The molecule has 6 heteroatoms. The Morgan fingerprint density at radius 1 is 1.17 bits per heavy atom. The maximum atomic E-state index is 12.4. The van der Waals surface area contributed by atoms with E-state index in [1.165, 1.54) is 0 Å². The predicted molar refractivity (Wildman–Crippen MR) is 87.0 cm³/mol. The summed E-state index contributed by atoms with van der Waals surface area (Å²) in [5.74, 6) is 0.0215. The van der Waals surface area contributed by atoms with Gasteiger partial charge in [0.15, 0.2) is 0 Å². The second kappa shape index (κ2) is 6.93. The van der Waals surface area contributed by atoms with Crippen LogP contribution in [0, 0.1) is 0 Å². The van der Waals surface area contributed by atoms with Crippen LogP contribution in [0.2, 0.25) is 0 Å². The van der Waals surface area contributed by atoms with Crippen molar-refractivity contribution < 1.29 is 9.90 Å². The highest BCUT2D eigenvalue weighted by atomic mass is 16.3. The van der Waals surface area contributed by atoms with Crippen LogP contribution in [0.4, 0.5) is 0 Å². The number of aromatic nitrogens is 2. The van der Waals surface area contributed by atoms with Crippen molar-refractivity contribution in [2.45, 2.75) is 6.10 Å². The molecule has 0 aliphatic carbocycles. The molecule has 23 heavy (non-hydrogen) atoms. The van der Waals surface area contributed by atoms with E-state index < -0.39 is 6.10 Å². The summed E-state index contributed by atoms with van der Waals surface area (Å²) in [5.41, 5.74) is 1.55. The third kappa shape index (κ3) is 3.60. The van der Waals surface area contributed by atoms with Crippen LogP contribution in [-0.4, -0.2) is 63.3 Å². The van der Waals surface area contributed by atoms with Gasteiger partial charge in [-0.3, -0.25) is 14.4 Å². The third-order valence-corrected chi connectivity index (χ3v) is 4.32. The fraction of sp³-hybridized carbons (Fsp3) is 0.412. The van der Waals surface area contributed by atoms with Gasteiger partial charge in [0.1, 0.15) is 5.69 Å². The number of carbonyl (C=O) groups is 1. The number of benzene rings is 1. The molecule has 0 bridgehead atoms. The normalized spacial score (nSPS) is 17.2. The summed E-state index contributed by atoms with van der Waals surface area (Å²) in [6, 6.07) is 11.4. The Morgan fingerprint density at radius 3 is 2.48 bits per heavy atom. The highest BCUT2D eigenvalue weighted by molar-refractivity contribution is 5.92. The van der Waals surface area contributed by atoms with E-state index in [-0.39, 0.29) is 5.91 Å². The minimum absolute atomic E-state index is 0.0215. The molecule has 1 aromatic heterocycles. The summed E-state index contributed by atoms with van der Waals surface area (Å²) < 4.78 is 1.61. The van der Waals surface area contributed by atoms with Gasteiger partial charge in [0, 0.05) is 46.0 Å². The Morgan fingerprint density at radius 2 is 1.87 bits per heavy atom. The lowest BCUT2D eigenvalue weighted by molar-refractivity contribution is 0.0519. The van der Waals surface area contributed by atoms with Crippen LogP contribution in [0.25, 0.3) is 0 Å². The van der Waals surface area contributed by atoms with Crippen LogP contribution in [0.5, 0.6) is 0 Å². The van der Waals surface area contributed by atoms with Crippen LogP contribution in [0.3, 0.4) is 0 Å². The number of hydrogen-bond donors (Lipinski definition) is 1. The van der Waals surface area contributed by atoms with Crippen molar-refractivity contribution in [1.29, 1.82) is 0 Å². The SMILES string of the molecule is Cn1nccc1C(=O)N1CCN(C[C@H](O)c2ccccc2)CC1. The number of β-amino-alcohol motifs (C(OH)–C–C–N with tert-alkyl or cyclic N) is 1. The summed E-state index contributed by atoms with van der Waals surface area (Å²) in [7, 11) is 1.78. The zero-order chi connectivity index (χ0) is 16.2. The van der Waals surface area contributed by atoms with E-state index in [0.29, 0.717) is 25.3 Å². The fourth-order valence-electron chi connectivity index (χ4n) is 2.90. The second-order valence-electron chi connectivity index (χ2n) is 5.86. The van der Waals surface area contributed by atoms with E-state index in [9.17, 15) is 9.90 Å². The number of aliphatic hydroxyl groups excluding tert-OH is 1. The Balaban J connectivity index is 1.53. The van der Waals surface area contributed by atoms with Gasteiger partial charge in [-0.2, -0.15) is 5.10 Å². The highest BCUT2D eigenvalue weighted by Gasteiger charge is 2.25. The van der Waals surface area contributed by atoms with E-state index in [4.69, 9.17) is 0 Å². The molecular formula is C17H22N4O2. The lowest BCUT2D eigenvalue weighted by Gasteiger charge is -2.35. The summed E-state index contributed by atoms with van der Waals surface area (Å²) in [4.78, 5) is 16.5. The van der Waals surface area contributed by atoms with Gasteiger partial charge in [0.25, 0.3) is 5.91 Å². The van der Waals surface area contributed by atoms with Crippen molar-refractivity contribution in [2.24, 2.45) is 7.05 Å². The first-order chi connectivity index (χ1) is 11.1. The fourth-order valence-corrected chi connectivity index (χ4v) is 2.90.